The molecule has 1 unspecified atom stereocenters. The summed E-state index contributed by atoms with van der Waals surface area (Å²) in [6.07, 6.45) is 3.97. The van der Waals surface area contributed by atoms with Gasteiger partial charge in [0.1, 0.15) is 24.5 Å². The van der Waals surface area contributed by atoms with Crippen molar-refractivity contribution in [2.75, 3.05) is 43.0 Å². The van der Waals surface area contributed by atoms with E-state index in [0.29, 0.717) is 32.0 Å². The van der Waals surface area contributed by atoms with Crippen molar-refractivity contribution < 1.29 is 14.3 Å². The van der Waals surface area contributed by atoms with Gasteiger partial charge in [-0.15, -0.1) is 0 Å². The molecule has 1 atom stereocenters. The van der Waals surface area contributed by atoms with Crippen LogP contribution in [0.25, 0.3) is 10.9 Å². The maximum absolute atomic E-state index is 12.6. The van der Waals surface area contributed by atoms with Gasteiger partial charge in [-0.25, -0.2) is 14.8 Å². The summed E-state index contributed by atoms with van der Waals surface area (Å²) in [5.74, 6) is 2.24. The summed E-state index contributed by atoms with van der Waals surface area (Å²) in [7, 11) is 0. The molecule has 2 saturated heterocycles. The third-order valence-electron chi connectivity index (χ3n) is 7.05. The summed E-state index contributed by atoms with van der Waals surface area (Å²) >= 11 is 0. The fourth-order valence-electron chi connectivity index (χ4n) is 4.95. The molecule has 0 bridgehead atoms. The van der Waals surface area contributed by atoms with Gasteiger partial charge in [0.25, 0.3) is 0 Å². The molecule has 5 rings (SSSR count). The number of hydrogen-bond acceptors (Lipinski definition) is 6. The van der Waals surface area contributed by atoms with Gasteiger partial charge >= 0.3 is 6.03 Å². The predicted octanol–water partition coefficient (Wildman–Crippen LogP) is 4.15. The highest BCUT2D eigenvalue weighted by Gasteiger charge is 2.26. The first-order valence-corrected chi connectivity index (χ1v) is 13.0. The highest BCUT2D eigenvalue weighted by Crippen LogP contribution is 2.29. The largest absolute Gasteiger partial charge is 0.492 e. The number of urea groups is 1. The van der Waals surface area contributed by atoms with Crippen molar-refractivity contribution in [3.63, 3.8) is 0 Å². The Morgan fingerprint density at radius 1 is 1.14 bits per heavy atom. The first kappa shape index (κ1) is 24.8. The Balaban J connectivity index is 1.16. The zero-order valence-corrected chi connectivity index (χ0v) is 21.4. The van der Waals surface area contributed by atoms with Crippen molar-refractivity contribution >= 4 is 34.3 Å². The molecule has 9 heteroatoms. The molecule has 3 amide bonds. The van der Waals surface area contributed by atoms with E-state index in [9.17, 15) is 9.59 Å². The lowest BCUT2D eigenvalue weighted by Gasteiger charge is -2.20. The topological polar surface area (TPSA) is 99.7 Å². The predicted molar refractivity (Wildman–Crippen MR) is 144 cm³/mol. The van der Waals surface area contributed by atoms with Crippen molar-refractivity contribution in [3.05, 3.63) is 54.4 Å². The number of likely N-dealkylation sites (tertiary alicyclic amines) is 1. The van der Waals surface area contributed by atoms with Gasteiger partial charge in [-0.1, -0.05) is 26.0 Å². The van der Waals surface area contributed by atoms with Gasteiger partial charge in [-0.3, -0.25) is 4.79 Å². The van der Waals surface area contributed by atoms with E-state index in [2.05, 4.69) is 39.3 Å². The van der Waals surface area contributed by atoms with E-state index >= 15 is 0 Å². The first-order valence-electron chi connectivity index (χ1n) is 13.0. The second-order valence-electron chi connectivity index (χ2n) is 10.0. The van der Waals surface area contributed by atoms with Crippen molar-refractivity contribution in [1.29, 1.82) is 0 Å². The van der Waals surface area contributed by atoms with E-state index in [1.165, 1.54) is 5.56 Å². The SMILES string of the molecule is CC(C)c1ccc(NC(=O)NC2CCN(c3ncnc4cc(OCCN5CCCC5=O)ccc34)C2)cc1. The number of aromatic nitrogens is 2. The molecule has 194 valence electrons. The summed E-state index contributed by atoms with van der Waals surface area (Å²) in [5.41, 5.74) is 2.83. The summed E-state index contributed by atoms with van der Waals surface area (Å²) in [6.45, 7) is 7.64. The van der Waals surface area contributed by atoms with Crippen molar-refractivity contribution in [2.24, 2.45) is 0 Å². The number of ether oxygens (including phenoxy) is 1. The van der Waals surface area contributed by atoms with Crippen LogP contribution in [0.2, 0.25) is 0 Å². The van der Waals surface area contributed by atoms with Gasteiger partial charge < -0.3 is 25.2 Å². The fraction of sp³-hybridized carbons (Fsp3) is 0.429. The third-order valence-corrected chi connectivity index (χ3v) is 7.05. The maximum atomic E-state index is 12.6. The number of carbonyl (C=O) groups excluding carboxylic acids is 2. The molecule has 0 spiro atoms. The lowest BCUT2D eigenvalue weighted by molar-refractivity contribution is -0.128. The van der Waals surface area contributed by atoms with Crippen LogP contribution >= 0.6 is 0 Å². The molecule has 37 heavy (non-hydrogen) atoms. The van der Waals surface area contributed by atoms with E-state index in [4.69, 9.17) is 4.74 Å². The molecule has 1 aromatic heterocycles. The molecule has 2 aliphatic rings. The smallest absolute Gasteiger partial charge is 0.319 e. The van der Waals surface area contributed by atoms with Gasteiger partial charge in [-0.2, -0.15) is 0 Å². The van der Waals surface area contributed by atoms with Crippen LogP contribution in [-0.2, 0) is 4.79 Å². The lowest BCUT2D eigenvalue weighted by Crippen LogP contribution is -2.39. The van der Waals surface area contributed by atoms with Crippen LogP contribution in [0.15, 0.2) is 48.8 Å². The minimum absolute atomic E-state index is 0.0239. The highest BCUT2D eigenvalue weighted by atomic mass is 16.5. The normalized spacial score (nSPS) is 17.6. The average Bonchev–Trinajstić information content (AvgIpc) is 3.52. The van der Waals surface area contributed by atoms with Crippen LogP contribution in [0.3, 0.4) is 0 Å². The van der Waals surface area contributed by atoms with Crippen LogP contribution < -0.4 is 20.3 Å². The minimum atomic E-state index is -0.200. The zero-order chi connectivity index (χ0) is 25.8. The molecule has 0 radical (unpaired) electrons. The zero-order valence-electron chi connectivity index (χ0n) is 21.4. The number of benzene rings is 2. The number of nitrogens with zero attached hydrogens (tertiary/aromatic N) is 4. The molecule has 0 aliphatic carbocycles. The van der Waals surface area contributed by atoms with Crippen molar-refractivity contribution in [2.45, 2.75) is 45.1 Å². The second-order valence-corrected chi connectivity index (χ2v) is 10.0. The monoisotopic (exact) mass is 502 g/mol. The molecule has 9 nitrogen and oxygen atoms in total. The van der Waals surface area contributed by atoms with Gasteiger partial charge in [0.05, 0.1) is 12.1 Å². The molecule has 2 fully saturated rings. The molecule has 3 heterocycles. The number of rotatable bonds is 8. The minimum Gasteiger partial charge on any atom is -0.492 e. The average molecular weight is 503 g/mol. The van der Waals surface area contributed by atoms with E-state index in [1.54, 1.807) is 6.33 Å². The second kappa shape index (κ2) is 11.0. The number of anilines is 2. The molecule has 2 aliphatic heterocycles. The standard InChI is InChI=1S/C28H34N6O3/c1-19(2)20-5-7-21(8-6-20)31-28(36)32-22-11-13-34(17-22)27-24-10-9-23(16-25(24)29-18-30-27)37-15-14-33-12-3-4-26(33)35/h5-10,16,18-19,22H,3-4,11-15,17H2,1-2H3,(H2,31,32,36). The van der Waals surface area contributed by atoms with Crippen molar-refractivity contribution in [1.82, 2.24) is 20.2 Å². The Morgan fingerprint density at radius 2 is 1.97 bits per heavy atom. The van der Waals surface area contributed by atoms with Gasteiger partial charge in [-0.05, 0) is 48.6 Å². The summed E-state index contributed by atoms with van der Waals surface area (Å²) in [4.78, 5) is 37.4. The van der Waals surface area contributed by atoms with Crippen molar-refractivity contribution in [3.8, 4) is 5.75 Å². The molecule has 2 aromatic carbocycles. The van der Waals surface area contributed by atoms with Crippen LogP contribution in [0.4, 0.5) is 16.3 Å². The number of nitrogens with one attached hydrogen (secondary N) is 2. The van der Waals surface area contributed by atoms with Crippen LogP contribution in [0, 0.1) is 0 Å². The number of fused-ring (bicyclic) bond motifs is 1. The van der Waals surface area contributed by atoms with Gasteiger partial charge in [0.2, 0.25) is 5.91 Å². The maximum Gasteiger partial charge on any atom is 0.319 e. The Kier molecular flexibility index (Phi) is 7.39. The Hall–Kier alpha value is -3.88. The number of amides is 3. The van der Waals surface area contributed by atoms with Crippen LogP contribution in [0.1, 0.15) is 44.6 Å². The summed E-state index contributed by atoms with van der Waals surface area (Å²) < 4.78 is 5.90. The van der Waals surface area contributed by atoms with Gasteiger partial charge in [0.15, 0.2) is 0 Å². The number of hydrogen-bond donors (Lipinski definition) is 2. The fourth-order valence-corrected chi connectivity index (χ4v) is 4.95. The number of carbonyl (C=O) groups is 2. The Bertz CT molecular complexity index is 1260. The molecular weight excluding hydrogens is 468 g/mol. The lowest BCUT2D eigenvalue weighted by atomic mass is 10.0. The Morgan fingerprint density at radius 3 is 2.73 bits per heavy atom. The molecule has 3 aromatic rings. The molecular formula is C28H34N6O3. The van der Waals surface area contributed by atoms with E-state index in [1.807, 2.05) is 47.4 Å². The molecule has 2 N–H and O–H groups in total. The summed E-state index contributed by atoms with van der Waals surface area (Å²) in [6, 6.07) is 13.6. The van der Waals surface area contributed by atoms with Crippen LogP contribution in [-0.4, -0.2) is 65.6 Å². The Labute approximate surface area is 217 Å². The summed E-state index contributed by atoms with van der Waals surface area (Å²) in [5, 5.41) is 6.96. The van der Waals surface area contributed by atoms with Gasteiger partial charge in [0, 0.05) is 49.2 Å². The van der Waals surface area contributed by atoms with Crippen LogP contribution in [0.5, 0.6) is 5.75 Å². The molecule has 0 saturated carbocycles. The van der Waals surface area contributed by atoms with E-state index in [-0.39, 0.29) is 18.0 Å². The van der Waals surface area contributed by atoms with E-state index in [0.717, 1.165) is 54.1 Å². The van der Waals surface area contributed by atoms with E-state index < -0.39 is 0 Å². The highest BCUT2D eigenvalue weighted by molar-refractivity contribution is 5.91. The first-order chi connectivity index (χ1) is 18.0. The third kappa shape index (κ3) is 5.93. The quantitative estimate of drug-likeness (QED) is 0.480.